The predicted octanol–water partition coefficient (Wildman–Crippen LogP) is 4.48. The average Bonchev–Trinajstić information content (AvgIpc) is 2.75. The number of hydrogen-bond acceptors (Lipinski definition) is 5. The number of hydrogen-bond donors (Lipinski definition) is 0. The first kappa shape index (κ1) is 17.6. The van der Waals surface area contributed by atoms with Gasteiger partial charge in [-0.2, -0.15) is 0 Å². The number of fused-ring (bicyclic) bond motifs is 1. The fraction of sp³-hybridized carbons (Fsp3) is 0.0909. The largest absolute Gasteiger partial charge is 0.439 e. The Morgan fingerprint density at radius 3 is 2.64 bits per heavy atom. The molecule has 1 amide bonds. The zero-order valence-electron chi connectivity index (χ0n) is 15.3. The molecule has 138 valence electrons. The van der Waals surface area contributed by atoms with Crippen LogP contribution in [-0.4, -0.2) is 27.4 Å². The standard InChI is InChI=1S/C22H18N4O2/c1-2-26(18-6-4-11-23-15-18)22(27)17-7-10-21(25-14-17)28-19-8-9-20-16(13-19)5-3-12-24-20/h3-15H,2H2,1H3. The molecule has 3 heterocycles. The van der Waals surface area contributed by atoms with E-state index in [0.29, 0.717) is 23.7 Å². The molecule has 0 unspecified atom stereocenters. The van der Waals surface area contributed by atoms with Crippen LogP contribution in [0.1, 0.15) is 17.3 Å². The van der Waals surface area contributed by atoms with Crippen LogP contribution in [0, 0.1) is 0 Å². The van der Waals surface area contributed by atoms with Crippen LogP contribution in [0.25, 0.3) is 10.9 Å². The number of aromatic nitrogens is 3. The van der Waals surface area contributed by atoms with E-state index in [-0.39, 0.29) is 5.91 Å². The van der Waals surface area contributed by atoms with Gasteiger partial charge in [0.05, 0.1) is 23.0 Å². The molecule has 0 bridgehead atoms. The van der Waals surface area contributed by atoms with Crippen molar-refractivity contribution in [2.75, 3.05) is 11.4 Å². The number of amides is 1. The zero-order chi connectivity index (χ0) is 19.3. The minimum absolute atomic E-state index is 0.133. The van der Waals surface area contributed by atoms with E-state index in [1.807, 2.05) is 43.3 Å². The third-order valence-corrected chi connectivity index (χ3v) is 4.30. The molecule has 0 aliphatic carbocycles. The predicted molar refractivity (Wildman–Crippen MR) is 108 cm³/mol. The highest BCUT2D eigenvalue weighted by Crippen LogP contribution is 2.24. The maximum atomic E-state index is 12.8. The number of ether oxygens (including phenoxy) is 1. The highest BCUT2D eigenvalue weighted by atomic mass is 16.5. The van der Waals surface area contributed by atoms with Crippen molar-refractivity contribution >= 4 is 22.5 Å². The lowest BCUT2D eigenvalue weighted by Gasteiger charge is -2.20. The Bertz CT molecular complexity index is 1100. The summed E-state index contributed by atoms with van der Waals surface area (Å²) in [6.07, 6.45) is 6.63. The van der Waals surface area contributed by atoms with Crippen molar-refractivity contribution in [3.05, 3.63) is 84.9 Å². The Labute approximate surface area is 162 Å². The fourth-order valence-electron chi connectivity index (χ4n) is 2.92. The van der Waals surface area contributed by atoms with Gasteiger partial charge in [0.15, 0.2) is 0 Å². The van der Waals surface area contributed by atoms with Crippen LogP contribution in [0.15, 0.2) is 79.4 Å². The highest BCUT2D eigenvalue weighted by Gasteiger charge is 2.16. The van der Waals surface area contributed by atoms with Crippen LogP contribution in [-0.2, 0) is 0 Å². The molecule has 0 saturated heterocycles. The lowest BCUT2D eigenvalue weighted by Crippen LogP contribution is -2.30. The maximum Gasteiger partial charge on any atom is 0.259 e. The highest BCUT2D eigenvalue weighted by molar-refractivity contribution is 6.05. The molecule has 4 rings (SSSR count). The third-order valence-electron chi connectivity index (χ3n) is 4.30. The summed E-state index contributed by atoms with van der Waals surface area (Å²) in [5, 5.41) is 0.988. The van der Waals surface area contributed by atoms with Crippen molar-refractivity contribution in [1.29, 1.82) is 0 Å². The molecule has 0 aliphatic heterocycles. The molecule has 28 heavy (non-hydrogen) atoms. The Hall–Kier alpha value is -3.80. The summed E-state index contributed by atoms with van der Waals surface area (Å²) in [7, 11) is 0. The summed E-state index contributed by atoms with van der Waals surface area (Å²) >= 11 is 0. The molecule has 0 N–H and O–H groups in total. The van der Waals surface area contributed by atoms with Crippen LogP contribution < -0.4 is 9.64 Å². The molecule has 6 nitrogen and oxygen atoms in total. The van der Waals surface area contributed by atoms with Crippen LogP contribution in [0.5, 0.6) is 11.6 Å². The van der Waals surface area contributed by atoms with Gasteiger partial charge in [-0.3, -0.25) is 14.8 Å². The van der Waals surface area contributed by atoms with E-state index in [2.05, 4.69) is 15.0 Å². The average molecular weight is 370 g/mol. The van der Waals surface area contributed by atoms with E-state index in [4.69, 9.17) is 4.74 Å². The first-order valence-corrected chi connectivity index (χ1v) is 8.95. The molecule has 4 aromatic rings. The number of carbonyl (C=O) groups excluding carboxylic acids is 1. The van der Waals surface area contributed by atoms with E-state index >= 15 is 0 Å². The summed E-state index contributed by atoms with van der Waals surface area (Å²) in [5.41, 5.74) is 2.14. The maximum absolute atomic E-state index is 12.8. The Morgan fingerprint density at radius 1 is 1.00 bits per heavy atom. The first-order chi connectivity index (χ1) is 13.7. The summed E-state index contributed by atoms with van der Waals surface area (Å²) < 4.78 is 5.82. The van der Waals surface area contributed by atoms with Gasteiger partial charge in [-0.25, -0.2) is 4.98 Å². The molecule has 3 aromatic heterocycles. The van der Waals surface area contributed by atoms with Crippen molar-refractivity contribution in [3.63, 3.8) is 0 Å². The van der Waals surface area contributed by atoms with Crippen molar-refractivity contribution in [2.45, 2.75) is 6.92 Å². The zero-order valence-corrected chi connectivity index (χ0v) is 15.3. The van der Waals surface area contributed by atoms with Crippen molar-refractivity contribution in [1.82, 2.24) is 15.0 Å². The second kappa shape index (κ2) is 7.84. The number of carbonyl (C=O) groups is 1. The minimum atomic E-state index is -0.133. The van der Waals surface area contributed by atoms with Gasteiger partial charge in [-0.1, -0.05) is 6.07 Å². The molecular weight excluding hydrogens is 352 g/mol. The molecule has 6 heteroatoms. The molecule has 0 atom stereocenters. The van der Waals surface area contributed by atoms with Gasteiger partial charge in [-0.05, 0) is 49.4 Å². The third kappa shape index (κ3) is 3.66. The van der Waals surface area contributed by atoms with Gasteiger partial charge in [0, 0.05) is 36.6 Å². The molecule has 0 saturated carbocycles. The normalized spacial score (nSPS) is 10.6. The number of pyridine rings is 3. The van der Waals surface area contributed by atoms with E-state index in [0.717, 1.165) is 16.6 Å². The number of nitrogens with zero attached hydrogens (tertiary/aromatic N) is 4. The number of anilines is 1. The van der Waals surface area contributed by atoms with E-state index in [9.17, 15) is 4.79 Å². The second-order valence-electron chi connectivity index (χ2n) is 6.11. The van der Waals surface area contributed by atoms with E-state index in [1.54, 1.807) is 41.7 Å². The summed E-state index contributed by atoms with van der Waals surface area (Å²) in [4.78, 5) is 27.1. The van der Waals surface area contributed by atoms with Crippen LogP contribution in [0.3, 0.4) is 0 Å². The molecule has 0 fully saturated rings. The van der Waals surface area contributed by atoms with Gasteiger partial charge >= 0.3 is 0 Å². The molecular formula is C22H18N4O2. The minimum Gasteiger partial charge on any atom is -0.439 e. The molecule has 0 spiro atoms. The topological polar surface area (TPSA) is 68.2 Å². The van der Waals surface area contributed by atoms with E-state index in [1.165, 1.54) is 6.20 Å². The molecule has 1 aromatic carbocycles. The van der Waals surface area contributed by atoms with Crippen molar-refractivity contribution in [2.24, 2.45) is 0 Å². The lowest BCUT2D eigenvalue weighted by atomic mass is 10.2. The SMILES string of the molecule is CCN(C(=O)c1ccc(Oc2ccc3ncccc3c2)nc1)c1cccnc1. The molecule has 0 radical (unpaired) electrons. The fourth-order valence-corrected chi connectivity index (χ4v) is 2.92. The van der Waals surface area contributed by atoms with Crippen LogP contribution in [0.4, 0.5) is 5.69 Å². The van der Waals surface area contributed by atoms with Gasteiger partial charge in [0.1, 0.15) is 5.75 Å². The number of rotatable bonds is 5. The monoisotopic (exact) mass is 370 g/mol. The Kier molecular flexibility index (Phi) is 4.93. The molecule has 0 aliphatic rings. The van der Waals surface area contributed by atoms with E-state index < -0.39 is 0 Å². The Balaban J connectivity index is 1.52. The summed E-state index contributed by atoms with van der Waals surface area (Å²) in [6.45, 7) is 2.46. The van der Waals surface area contributed by atoms with Gasteiger partial charge in [0.25, 0.3) is 5.91 Å². The van der Waals surface area contributed by atoms with Crippen molar-refractivity contribution < 1.29 is 9.53 Å². The van der Waals surface area contributed by atoms with Gasteiger partial charge in [-0.15, -0.1) is 0 Å². The smallest absolute Gasteiger partial charge is 0.259 e. The van der Waals surface area contributed by atoms with Gasteiger partial charge in [0.2, 0.25) is 5.88 Å². The van der Waals surface area contributed by atoms with Crippen LogP contribution in [0.2, 0.25) is 0 Å². The first-order valence-electron chi connectivity index (χ1n) is 8.95. The number of benzene rings is 1. The van der Waals surface area contributed by atoms with Crippen LogP contribution >= 0.6 is 0 Å². The van der Waals surface area contributed by atoms with Gasteiger partial charge < -0.3 is 9.64 Å². The van der Waals surface area contributed by atoms with Crippen molar-refractivity contribution in [3.8, 4) is 11.6 Å². The summed E-state index contributed by atoms with van der Waals surface area (Å²) in [6, 6.07) is 16.6. The Morgan fingerprint density at radius 2 is 1.89 bits per heavy atom. The quantitative estimate of drug-likeness (QED) is 0.518. The second-order valence-corrected chi connectivity index (χ2v) is 6.11. The summed E-state index contributed by atoms with van der Waals surface area (Å²) in [5.74, 6) is 0.952. The lowest BCUT2D eigenvalue weighted by molar-refractivity contribution is 0.0988.